The lowest BCUT2D eigenvalue weighted by Gasteiger charge is -2.14. The van der Waals surface area contributed by atoms with Gasteiger partial charge >= 0.3 is 0 Å². The lowest BCUT2D eigenvalue weighted by Crippen LogP contribution is -2.13. The smallest absolute Gasteiger partial charge is 0.266 e. The van der Waals surface area contributed by atoms with Crippen molar-refractivity contribution >= 4 is 7.52 Å². The minimum atomic E-state index is -2.50. The summed E-state index contributed by atoms with van der Waals surface area (Å²) >= 11 is 0. The van der Waals surface area contributed by atoms with Crippen molar-refractivity contribution in [2.45, 2.75) is 39.5 Å². The summed E-state index contributed by atoms with van der Waals surface area (Å²) in [7, 11) is -2.50. The molecular weight excluding hydrogens is 185 g/mol. The van der Waals surface area contributed by atoms with Crippen LogP contribution in [0.5, 0.6) is 0 Å². The minimum absolute atomic E-state index is 0.601. The molecule has 0 saturated carbocycles. The molecule has 13 heavy (non-hydrogen) atoms. The molecule has 0 aromatic rings. The predicted molar refractivity (Wildman–Crippen MR) is 57.3 cm³/mol. The molecule has 0 spiro atoms. The van der Waals surface area contributed by atoms with Crippen LogP contribution in [-0.4, -0.2) is 19.8 Å². The van der Waals surface area contributed by atoms with Gasteiger partial charge in [-0.05, 0) is 12.8 Å². The van der Waals surface area contributed by atoms with Gasteiger partial charge in [0.15, 0.2) is 0 Å². The highest BCUT2D eigenvalue weighted by atomic mass is 31.2. The molecule has 0 aliphatic carbocycles. The summed E-state index contributed by atoms with van der Waals surface area (Å²) in [6, 6.07) is 0. The lowest BCUT2D eigenvalue weighted by molar-refractivity contribution is 0.302. The normalized spacial score (nSPS) is 15.6. The van der Waals surface area contributed by atoms with Gasteiger partial charge in [0, 0.05) is 13.2 Å². The van der Waals surface area contributed by atoms with Crippen LogP contribution in [0.2, 0.25) is 0 Å². The standard InChI is InChI=1S/C9H22NO2P/c1-4-6-8-10-13(3,11)12-9-7-5-2/h4-9H2,1-3H3,(H,10,11). The molecule has 1 atom stereocenters. The maximum atomic E-state index is 11.6. The molecule has 0 bridgehead atoms. The van der Waals surface area contributed by atoms with Crippen LogP contribution < -0.4 is 5.09 Å². The van der Waals surface area contributed by atoms with Crippen LogP contribution >= 0.6 is 7.52 Å². The molecule has 0 amide bonds. The fourth-order valence-electron chi connectivity index (χ4n) is 0.888. The third-order valence-electron chi connectivity index (χ3n) is 1.76. The average Bonchev–Trinajstić information content (AvgIpc) is 2.05. The van der Waals surface area contributed by atoms with Gasteiger partial charge in [0.1, 0.15) is 0 Å². The molecular formula is C9H22NO2P. The van der Waals surface area contributed by atoms with E-state index >= 15 is 0 Å². The maximum absolute atomic E-state index is 11.6. The summed E-state index contributed by atoms with van der Waals surface area (Å²) in [6.07, 6.45) is 4.22. The Morgan fingerprint density at radius 1 is 1.23 bits per heavy atom. The predicted octanol–water partition coefficient (Wildman–Crippen LogP) is 3.02. The Morgan fingerprint density at radius 2 is 1.85 bits per heavy atom. The van der Waals surface area contributed by atoms with Crippen LogP contribution in [0.25, 0.3) is 0 Å². The quantitative estimate of drug-likeness (QED) is 0.491. The fraction of sp³-hybridized carbons (Fsp3) is 1.00. The monoisotopic (exact) mass is 207 g/mol. The van der Waals surface area contributed by atoms with E-state index in [1.54, 1.807) is 6.66 Å². The first-order chi connectivity index (χ1) is 6.12. The number of rotatable bonds is 8. The summed E-state index contributed by atoms with van der Waals surface area (Å²) in [5, 5.41) is 2.95. The summed E-state index contributed by atoms with van der Waals surface area (Å²) in [6.45, 7) is 7.24. The third kappa shape index (κ3) is 8.48. The number of nitrogens with one attached hydrogen (secondary N) is 1. The summed E-state index contributed by atoms with van der Waals surface area (Å²) in [5.41, 5.74) is 0. The topological polar surface area (TPSA) is 38.3 Å². The first-order valence-electron chi connectivity index (χ1n) is 5.09. The fourth-order valence-corrected chi connectivity index (χ4v) is 2.02. The van der Waals surface area contributed by atoms with E-state index in [1.165, 1.54) is 0 Å². The van der Waals surface area contributed by atoms with E-state index in [0.717, 1.165) is 32.2 Å². The van der Waals surface area contributed by atoms with Gasteiger partial charge in [-0.3, -0.25) is 4.57 Å². The summed E-state index contributed by atoms with van der Waals surface area (Å²) in [5.74, 6) is 0. The van der Waals surface area contributed by atoms with E-state index in [0.29, 0.717) is 6.61 Å². The van der Waals surface area contributed by atoms with Crippen molar-refractivity contribution < 1.29 is 9.09 Å². The Balaban J connectivity index is 3.49. The molecule has 1 unspecified atom stereocenters. The molecule has 3 nitrogen and oxygen atoms in total. The van der Waals surface area contributed by atoms with Crippen molar-refractivity contribution in [3.8, 4) is 0 Å². The zero-order valence-electron chi connectivity index (χ0n) is 9.01. The Kier molecular flexibility index (Phi) is 7.63. The number of hydrogen-bond acceptors (Lipinski definition) is 2. The van der Waals surface area contributed by atoms with Crippen molar-refractivity contribution in [2.24, 2.45) is 0 Å². The largest absolute Gasteiger partial charge is 0.318 e. The zero-order valence-corrected chi connectivity index (χ0v) is 9.90. The molecule has 0 rings (SSSR count). The summed E-state index contributed by atoms with van der Waals surface area (Å²) < 4.78 is 16.9. The van der Waals surface area contributed by atoms with Crippen LogP contribution in [0.3, 0.4) is 0 Å². The van der Waals surface area contributed by atoms with Crippen LogP contribution in [0.15, 0.2) is 0 Å². The van der Waals surface area contributed by atoms with Gasteiger partial charge in [0.05, 0.1) is 6.61 Å². The molecule has 0 fully saturated rings. The molecule has 0 saturated heterocycles. The van der Waals surface area contributed by atoms with Crippen molar-refractivity contribution in [1.82, 2.24) is 5.09 Å². The lowest BCUT2D eigenvalue weighted by atomic mass is 10.3. The second kappa shape index (κ2) is 7.54. The first kappa shape index (κ1) is 13.2. The highest BCUT2D eigenvalue weighted by Gasteiger charge is 2.13. The van der Waals surface area contributed by atoms with E-state index < -0.39 is 7.52 Å². The van der Waals surface area contributed by atoms with Gasteiger partial charge in [0.2, 0.25) is 0 Å². The van der Waals surface area contributed by atoms with Gasteiger partial charge in [-0.1, -0.05) is 26.7 Å². The highest BCUT2D eigenvalue weighted by Crippen LogP contribution is 2.37. The SMILES string of the molecule is CCCCNP(C)(=O)OCCCC. The van der Waals surface area contributed by atoms with Gasteiger partial charge in [-0.25, -0.2) is 5.09 Å². The third-order valence-corrected chi connectivity index (χ3v) is 3.24. The van der Waals surface area contributed by atoms with Gasteiger partial charge in [-0.15, -0.1) is 0 Å². The van der Waals surface area contributed by atoms with Crippen molar-refractivity contribution in [3.05, 3.63) is 0 Å². The molecule has 1 N–H and O–H groups in total. The molecule has 0 aliphatic heterocycles. The Labute approximate surface area is 81.8 Å². The summed E-state index contributed by atoms with van der Waals surface area (Å²) in [4.78, 5) is 0. The van der Waals surface area contributed by atoms with Gasteiger partial charge in [-0.2, -0.15) is 0 Å². The molecule has 0 heterocycles. The van der Waals surface area contributed by atoms with E-state index in [1.807, 2.05) is 0 Å². The van der Waals surface area contributed by atoms with Crippen molar-refractivity contribution in [2.75, 3.05) is 19.8 Å². The maximum Gasteiger partial charge on any atom is 0.266 e. The number of hydrogen-bond donors (Lipinski definition) is 1. The Morgan fingerprint density at radius 3 is 2.38 bits per heavy atom. The zero-order chi connectivity index (χ0) is 10.2. The molecule has 80 valence electrons. The van der Waals surface area contributed by atoms with Crippen LogP contribution in [0, 0.1) is 0 Å². The van der Waals surface area contributed by atoms with Crippen molar-refractivity contribution in [1.29, 1.82) is 0 Å². The van der Waals surface area contributed by atoms with Crippen LogP contribution in [0.1, 0.15) is 39.5 Å². The molecule has 0 aromatic heterocycles. The Bertz CT molecular complexity index is 148. The average molecular weight is 207 g/mol. The second-order valence-electron chi connectivity index (χ2n) is 3.29. The second-order valence-corrected chi connectivity index (χ2v) is 5.56. The highest BCUT2D eigenvalue weighted by molar-refractivity contribution is 7.56. The minimum Gasteiger partial charge on any atom is -0.318 e. The van der Waals surface area contributed by atoms with Crippen LogP contribution in [0.4, 0.5) is 0 Å². The van der Waals surface area contributed by atoms with E-state index in [9.17, 15) is 4.57 Å². The molecule has 0 aliphatic rings. The molecule has 0 aromatic carbocycles. The van der Waals surface area contributed by atoms with E-state index in [2.05, 4.69) is 18.9 Å². The number of unbranched alkanes of at least 4 members (excludes halogenated alkanes) is 2. The molecule has 4 heteroatoms. The van der Waals surface area contributed by atoms with Gasteiger partial charge < -0.3 is 4.52 Å². The first-order valence-corrected chi connectivity index (χ1v) is 7.16. The Hall–Kier alpha value is 0.150. The van der Waals surface area contributed by atoms with E-state index in [4.69, 9.17) is 4.52 Å². The molecule has 0 radical (unpaired) electrons. The van der Waals surface area contributed by atoms with E-state index in [-0.39, 0.29) is 0 Å². The van der Waals surface area contributed by atoms with Crippen molar-refractivity contribution in [3.63, 3.8) is 0 Å². The van der Waals surface area contributed by atoms with Crippen LogP contribution in [-0.2, 0) is 9.09 Å². The van der Waals surface area contributed by atoms with Gasteiger partial charge in [0.25, 0.3) is 7.52 Å².